The van der Waals surface area contributed by atoms with Crippen molar-refractivity contribution < 1.29 is 0 Å². The number of benzene rings is 2. The van der Waals surface area contributed by atoms with Crippen molar-refractivity contribution in [3.8, 4) is 0 Å². The van der Waals surface area contributed by atoms with Crippen LogP contribution in [0.4, 0.5) is 0 Å². The topological polar surface area (TPSA) is 29.3 Å². The van der Waals surface area contributed by atoms with Gasteiger partial charge < -0.3 is 5.73 Å². The highest BCUT2D eigenvalue weighted by atomic mass is 15.2. The van der Waals surface area contributed by atoms with Gasteiger partial charge in [0.25, 0.3) is 0 Å². The van der Waals surface area contributed by atoms with E-state index in [4.69, 9.17) is 5.73 Å². The minimum Gasteiger partial charge on any atom is -0.329 e. The third-order valence-corrected chi connectivity index (χ3v) is 4.05. The second-order valence-corrected chi connectivity index (χ2v) is 5.30. The molecule has 0 bridgehead atoms. The van der Waals surface area contributed by atoms with E-state index in [0.29, 0.717) is 12.6 Å². The minimum atomic E-state index is 0.317. The van der Waals surface area contributed by atoms with Crippen LogP contribution in [0.2, 0.25) is 0 Å². The molecule has 2 aromatic rings. The van der Waals surface area contributed by atoms with Crippen molar-refractivity contribution in [1.29, 1.82) is 0 Å². The number of nitrogens with two attached hydrogens (primary N) is 1. The first-order chi connectivity index (χ1) is 9.81. The number of nitrogens with zero attached hydrogens (tertiary/aromatic N) is 1. The first-order valence-corrected chi connectivity index (χ1v) is 7.73. The Morgan fingerprint density at radius 2 is 1.80 bits per heavy atom. The third-order valence-electron chi connectivity index (χ3n) is 4.05. The van der Waals surface area contributed by atoms with Gasteiger partial charge in [0.15, 0.2) is 0 Å². The zero-order chi connectivity index (χ0) is 14.4. The Kier molecular flexibility index (Phi) is 5.57. The summed E-state index contributed by atoms with van der Waals surface area (Å²) in [5, 5.41) is 2.63. The summed E-state index contributed by atoms with van der Waals surface area (Å²) >= 11 is 0. The van der Waals surface area contributed by atoms with Gasteiger partial charge in [-0.1, -0.05) is 62.7 Å². The fourth-order valence-electron chi connectivity index (χ4n) is 2.91. The van der Waals surface area contributed by atoms with Crippen LogP contribution in [0.5, 0.6) is 0 Å². The molecule has 2 aromatic carbocycles. The van der Waals surface area contributed by atoms with E-state index in [0.717, 1.165) is 13.1 Å². The van der Waals surface area contributed by atoms with E-state index in [2.05, 4.69) is 61.2 Å². The molecule has 0 amide bonds. The van der Waals surface area contributed by atoms with Gasteiger partial charge in [0.1, 0.15) is 0 Å². The monoisotopic (exact) mass is 270 g/mol. The van der Waals surface area contributed by atoms with Gasteiger partial charge in [0.2, 0.25) is 0 Å². The molecule has 2 heteroatoms. The van der Waals surface area contributed by atoms with Gasteiger partial charge >= 0.3 is 0 Å². The lowest BCUT2D eigenvalue weighted by atomic mass is 9.97. The molecule has 0 fully saturated rings. The molecule has 0 heterocycles. The van der Waals surface area contributed by atoms with Crippen LogP contribution in [0.3, 0.4) is 0 Å². The van der Waals surface area contributed by atoms with Crippen molar-refractivity contribution in [3.05, 3.63) is 48.0 Å². The standard InChI is InChI=1S/C18H26N2/c1-3-5-13-20(4-2)18(14-19)17-12-8-10-15-9-6-7-11-16(15)17/h6-12,18H,3-5,13-14,19H2,1-2H3. The lowest BCUT2D eigenvalue weighted by Gasteiger charge is -2.31. The molecule has 0 aliphatic carbocycles. The van der Waals surface area contributed by atoms with E-state index in [-0.39, 0.29) is 0 Å². The Morgan fingerprint density at radius 1 is 1.05 bits per heavy atom. The Labute approximate surface area is 122 Å². The summed E-state index contributed by atoms with van der Waals surface area (Å²) in [5.41, 5.74) is 7.47. The lowest BCUT2D eigenvalue weighted by molar-refractivity contribution is 0.210. The van der Waals surface area contributed by atoms with Gasteiger partial charge in [-0.25, -0.2) is 0 Å². The molecule has 1 unspecified atom stereocenters. The lowest BCUT2D eigenvalue weighted by Crippen LogP contribution is -2.34. The van der Waals surface area contributed by atoms with Crippen molar-refractivity contribution in [3.63, 3.8) is 0 Å². The van der Waals surface area contributed by atoms with Crippen LogP contribution in [0.1, 0.15) is 38.3 Å². The molecular formula is C18H26N2. The van der Waals surface area contributed by atoms with Crippen LogP contribution in [-0.4, -0.2) is 24.5 Å². The molecule has 2 N–H and O–H groups in total. The van der Waals surface area contributed by atoms with Crippen molar-refractivity contribution in [2.75, 3.05) is 19.6 Å². The number of fused-ring (bicyclic) bond motifs is 1. The maximum absolute atomic E-state index is 6.10. The van der Waals surface area contributed by atoms with Crippen LogP contribution < -0.4 is 5.73 Å². The maximum atomic E-state index is 6.10. The number of rotatable bonds is 7. The molecule has 1 atom stereocenters. The van der Waals surface area contributed by atoms with Crippen LogP contribution >= 0.6 is 0 Å². The summed E-state index contributed by atoms with van der Waals surface area (Å²) in [6.07, 6.45) is 2.46. The molecule has 2 rings (SSSR count). The highest BCUT2D eigenvalue weighted by Gasteiger charge is 2.18. The van der Waals surface area contributed by atoms with E-state index in [1.807, 2.05) is 0 Å². The molecule has 2 nitrogen and oxygen atoms in total. The van der Waals surface area contributed by atoms with E-state index >= 15 is 0 Å². The van der Waals surface area contributed by atoms with Gasteiger partial charge in [-0.05, 0) is 35.8 Å². The highest BCUT2D eigenvalue weighted by Crippen LogP contribution is 2.27. The summed E-state index contributed by atoms with van der Waals surface area (Å²) in [5.74, 6) is 0. The second kappa shape index (κ2) is 7.41. The van der Waals surface area contributed by atoms with Crippen molar-refractivity contribution >= 4 is 10.8 Å². The predicted octanol–water partition coefficient (Wildman–Crippen LogP) is 3.96. The van der Waals surface area contributed by atoms with Crippen molar-refractivity contribution in [2.45, 2.75) is 32.7 Å². The first kappa shape index (κ1) is 15.0. The number of hydrogen-bond acceptors (Lipinski definition) is 2. The Morgan fingerprint density at radius 3 is 2.50 bits per heavy atom. The van der Waals surface area contributed by atoms with Gasteiger partial charge in [0, 0.05) is 12.6 Å². The summed E-state index contributed by atoms with van der Waals surface area (Å²) in [6.45, 7) is 7.31. The number of unbranched alkanes of at least 4 members (excludes halogenated alkanes) is 1. The van der Waals surface area contributed by atoms with E-state index in [1.54, 1.807) is 0 Å². The molecule has 0 spiro atoms. The Balaban J connectivity index is 2.37. The minimum absolute atomic E-state index is 0.317. The molecule has 0 saturated carbocycles. The quantitative estimate of drug-likeness (QED) is 0.825. The maximum Gasteiger partial charge on any atom is 0.0476 e. The molecule has 0 aliphatic rings. The fraction of sp³-hybridized carbons (Fsp3) is 0.444. The van der Waals surface area contributed by atoms with E-state index < -0.39 is 0 Å². The number of likely N-dealkylation sites (N-methyl/N-ethyl adjacent to an activating group) is 1. The molecular weight excluding hydrogens is 244 g/mol. The van der Waals surface area contributed by atoms with Crippen LogP contribution in [0.15, 0.2) is 42.5 Å². The fourth-order valence-corrected chi connectivity index (χ4v) is 2.91. The number of hydrogen-bond donors (Lipinski definition) is 1. The SMILES string of the molecule is CCCCN(CC)C(CN)c1cccc2ccccc12. The van der Waals surface area contributed by atoms with Gasteiger partial charge in [-0.15, -0.1) is 0 Å². The third kappa shape index (κ3) is 3.20. The van der Waals surface area contributed by atoms with E-state index in [1.165, 1.54) is 29.2 Å². The molecule has 0 saturated heterocycles. The van der Waals surface area contributed by atoms with Gasteiger partial charge in [-0.2, -0.15) is 0 Å². The summed E-state index contributed by atoms with van der Waals surface area (Å²) in [7, 11) is 0. The average Bonchev–Trinajstić information content (AvgIpc) is 2.51. The Hall–Kier alpha value is -1.38. The molecule has 0 radical (unpaired) electrons. The van der Waals surface area contributed by atoms with Crippen LogP contribution in [0.25, 0.3) is 10.8 Å². The summed E-state index contributed by atoms with van der Waals surface area (Å²) in [4.78, 5) is 2.51. The average molecular weight is 270 g/mol. The normalized spacial score (nSPS) is 13.0. The highest BCUT2D eigenvalue weighted by molar-refractivity contribution is 5.86. The zero-order valence-corrected chi connectivity index (χ0v) is 12.7. The smallest absolute Gasteiger partial charge is 0.0476 e. The Bertz CT molecular complexity index is 530. The summed E-state index contributed by atoms with van der Waals surface area (Å²) < 4.78 is 0. The van der Waals surface area contributed by atoms with Gasteiger partial charge in [-0.3, -0.25) is 4.90 Å². The van der Waals surface area contributed by atoms with Crippen LogP contribution in [0, 0.1) is 0 Å². The van der Waals surface area contributed by atoms with Crippen molar-refractivity contribution in [1.82, 2.24) is 4.90 Å². The molecule has 108 valence electrons. The molecule has 20 heavy (non-hydrogen) atoms. The van der Waals surface area contributed by atoms with Gasteiger partial charge in [0.05, 0.1) is 0 Å². The summed E-state index contributed by atoms with van der Waals surface area (Å²) in [6, 6.07) is 15.5. The van der Waals surface area contributed by atoms with Crippen molar-refractivity contribution in [2.24, 2.45) is 5.73 Å². The zero-order valence-electron chi connectivity index (χ0n) is 12.7. The van der Waals surface area contributed by atoms with Crippen LogP contribution in [-0.2, 0) is 0 Å². The second-order valence-electron chi connectivity index (χ2n) is 5.30. The van der Waals surface area contributed by atoms with E-state index in [9.17, 15) is 0 Å². The molecule has 0 aromatic heterocycles. The molecule has 0 aliphatic heterocycles. The predicted molar refractivity (Wildman–Crippen MR) is 87.9 cm³/mol. The first-order valence-electron chi connectivity index (χ1n) is 7.73. The largest absolute Gasteiger partial charge is 0.329 e.